The number of fused-ring (bicyclic) bond motifs is 2. The van der Waals surface area contributed by atoms with Crippen molar-refractivity contribution >= 4 is 50.2 Å². The Kier molecular flexibility index (Phi) is 8.88. The number of imidazole rings is 1. The molecule has 0 bridgehead atoms. The summed E-state index contributed by atoms with van der Waals surface area (Å²) in [7, 11) is -7.49. The molecule has 0 spiro atoms. The van der Waals surface area contributed by atoms with Gasteiger partial charge in [0.25, 0.3) is 5.56 Å². The lowest BCUT2D eigenvalue weighted by atomic mass is 10.1. The Labute approximate surface area is 255 Å². The molecule has 10 atom stereocenters. The van der Waals surface area contributed by atoms with Crippen LogP contribution in [0.1, 0.15) is 12.5 Å². The van der Waals surface area contributed by atoms with Gasteiger partial charge in [-0.15, -0.1) is 5.10 Å². The molecule has 4 aromatic heterocycles. The van der Waals surface area contributed by atoms with Crippen LogP contribution >= 0.6 is 16.1 Å². The maximum absolute atomic E-state index is 13.2. The van der Waals surface area contributed by atoms with Crippen molar-refractivity contribution in [2.75, 3.05) is 31.8 Å². The van der Waals surface area contributed by atoms with Gasteiger partial charge in [-0.1, -0.05) is 5.21 Å². The standard InChI is InChI=1S/C20H27N11O13P2/c1-39-2-6-10(32)13(19(41-6)30-5-25-9-16(30)26-20(22)27-17(9)34)44-46(37,38)40-3-7-12(43-45(35)36)11(33)18(42-7)31-15-8(28-29-31)14(21)23-4-24-15/h4-7,10-13,18-19,32-33,45H,2-3H2,1H3,(H,35,36)(H,37,38)(H2,21,23,24)(H3,22,26,27,34)/t6-,7-,10-,11-,12-,13-,18-,19-/m1/s1. The SMILES string of the molecule is COC[C@H]1O[C@@H](n2cnc3c(=O)[nH]c(N)nc32)[C@H](OP(=O)(O)OC[C@H]2O[C@@H](n3nnc4c(N)ncnc43)[C@H](O)[C@@H]2O[PH](=O)O)[C@@H]1O. The largest absolute Gasteiger partial charge is 0.472 e. The molecule has 2 unspecified atom stereocenters. The number of aliphatic hydroxyl groups is 2. The van der Waals surface area contributed by atoms with E-state index in [2.05, 4.69) is 35.2 Å². The molecule has 0 radical (unpaired) electrons. The number of rotatable bonds is 11. The van der Waals surface area contributed by atoms with Crippen molar-refractivity contribution in [1.82, 2.24) is 44.5 Å². The van der Waals surface area contributed by atoms with Gasteiger partial charge in [0.15, 0.2) is 40.6 Å². The number of nitrogens with two attached hydrogens (primary N) is 2. The van der Waals surface area contributed by atoms with Gasteiger partial charge in [-0.2, -0.15) is 9.67 Å². The molecule has 2 aliphatic rings. The molecule has 4 aromatic rings. The Morgan fingerprint density at radius 2 is 1.83 bits per heavy atom. The monoisotopic (exact) mass is 691 g/mol. The Hall–Kier alpha value is -3.51. The Morgan fingerprint density at radius 1 is 1.07 bits per heavy atom. The average molecular weight is 691 g/mol. The summed E-state index contributed by atoms with van der Waals surface area (Å²) in [5.41, 5.74) is 10.7. The minimum atomic E-state index is -5.15. The van der Waals surface area contributed by atoms with Crippen LogP contribution in [-0.2, 0) is 36.9 Å². The third-order valence-corrected chi connectivity index (χ3v) is 8.56. The van der Waals surface area contributed by atoms with Crippen molar-refractivity contribution in [3.8, 4) is 0 Å². The molecule has 0 aliphatic carbocycles. The van der Waals surface area contributed by atoms with Crippen molar-refractivity contribution in [2.24, 2.45) is 0 Å². The lowest BCUT2D eigenvalue weighted by molar-refractivity contribution is -0.0657. The second-order valence-electron chi connectivity index (χ2n) is 9.99. The highest BCUT2D eigenvalue weighted by Crippen LogP contribution is 2.50. The van der Waals surface area contributed by atoms with Crippen molar-refractivity contribution in [2.45, 2.75) is 49.1 Å². The second kappa shape index (κ2) is 12.6. The van der Waals surface area contributed by atoms with E-state index < -0.39 is 77.3 Å². The van der Waals surface area contributed by atoms with Gasteiger partial charge in [0.05, 0.1) is 19.5 Å². The zero-order chi connectivity index (χ0) is 32.9. The first kappa shape index (κ1) is 32.4. The van der Waals surface area contributed by atoms with E-state index in [1.54, 1.807) is 0 Å². The first-order chi connectivity index (χ1) is 21.9. The molecule has 26 heteroatoms. The average Bonchev–Trinajstić information content (AvgIpc) is 3.74. The van der Waals surface area contributed by atoms with Crippen molar-refractivity contribution < 1.29 is 56.9 Å². The quantitative estimate of drug-likeness (QED) is 0.0768. The number of anilines is 2. The first-order valence-corrected chi connectivity index (χ1v) is 15.9. The topological polar surface area (TPSA) is 343 Å². The van der Waals surface area contributed by atoms with Crippen LogP contribution in [0.2, 0.25) is 0 Å². The van der Waals surface area contributed by atoms with Crippen molar-refractivity contribution in [3.05, 3.63) is 23.0 Å². The summed E-state index contributed by atoms with van der Waals surface area (Å²) in [6.07, 6.45) is -9.58. The van der Waals surface area contributed by atoms with Crippen LogP contribution in [0.15, 0.2) is 17.4 Å². The lowest BCUT2D eigenvalue weighted by Gasteiger charge is -2.25. The minimum Gasteiger partial charge on any atom is -0.387 e. The zero-order valence-electron chi connectivity index (χ0n) is 23.3. The first-order valence-electron chi connectivity index (χ1n) is 13.1. The molecule has 2 aliphatic heterocycles. The highest BCUT2D eigenvalue weighted by Gasteiger charge is 2.51. The van der Waals surface area contributed by atoms with Crippen molar-refractivity contribution in [1.29, 1.82) is 0 Å². The molecular weight excluding hydrogens is 664 g/mol. The van der Waals surface area contributed by atoms with Crippen LogP contribution in [0.5, 0.6) is 0 Å². The molecule has 2 saturated heterocycles. The number of aliphatic hydroxyl groups excluding tert-OH is 2. The fourth-order valence-corrected chi connectivity index (χ4v) is 6.57. The van der Waals surface area contributed by atoms with Gasteiger partial charge >= 0.3 is 16.1 Å². The maximum atomic E-state index is 13.2. The molecule has 0 saturated carbocycles. The summed E-state index contributed by atoms with van der Waals surface area (Å²) < 4.78 is 59.1. The summed E-state index contributed by atoms with van der Waals surface area (Å²) in [6, 6.07) is 0. The number of phosphoric acid groups is 1. The summed E-state index contributed by atoms with van der Waals surface area (Å²) in [5.74, 6) is -0.275. The van der Waals surface area contributed by atoms with Gasteiger partial charge in [0.1, 0.15) is 43.0 Å². The maximum Gasteiger partial charge on any atom is 0.472 e. The van der Waals surface area contributed by atoms with Crippen LogP contribution in [0.25, 0.3) is 22.3 Å². The molecule has 24 nitrogen and oxygen atoms in total. The number of methoxy groups -OCH3 is 1. The van der Waals surface area contributed by atoms with Crippen molar-refractivity contribution in [3.63, 3.8) is 0 Å². The number of phosphoric ester groups is 1. The summed E-state index contributed by atoms with van der Waals surface area (Å²) >= 11 is 0. The van der Waals surface area contributed by atoms with Gasteiger partial charge in [0.2, 0.25) is 5.95 Å². The smallest absolute Gasteiger partial charge is 0.387 e. The highest BCUT2D eigenvalue weighted by molar-refractivity contribution is 7.47. The van der Waals surface area contributed by atoms with Crippen LogP contribution in [0.4, 0.5) is 11.8 Å². The molecule has 0 aromatic carbocycles. The van der Waals surface area contributed by atoms with Gasteiger partial charge < -0.3 is 50.2 Å². The van der Waals surface area contributed by atoms with E-state index in [-0.39, 0.29) is 40.7 Å². The zero-order valence-corrected chi connectivity index (χ0v) is 25.2. The molecule has 250 valence electrons. The third-order valence-electron chi connectivity index (χ3n) is 7.10. The second-order valence-corrected chi connectivity index (χ2v) is 12.2. The molecule has 6 rings (SSSR count). The van der Waals surface area contributed by atoms with Crippen LogP contribution in [0.3, 0.4) is 0 Å². The number of nitrogens with zero attached hydrogens (tertiary/aromatic N) is 8. The van der Waals surface area contributed by atoms with E-state index in [4.69, 9.17) is 39.2 Å². The summed E-state index contributed by atoms with van der Waals surface area (Å²) in [5, 5.41) is 29.6. The number of ether oxygens (including phenoxy) is 3. The van der Waals surface area contributed by atoms with Gasteiger partial charge in [-0.05, 0) is 0 Å². The number of hydrogen-bond donors (Lipinski definition) is 7. The molecule has 0 amide bonds. The van der Waals surface area contributed by atoms with Gasteiger partial charge in [-0.3, -0.25) is 28.0 Å². The lowest BCUT2D eigenvalue weighted by Crippen LogP contribution is -2.36. The van der Waals surface area contributed by atoms with E-state index in [1.165, 1.54) is 11.7 Å². The summed E-state index contributed by atoms with van der Waals surface area (Å²) in [6.45, 7) is -1.01. The molecule has 9 N–H and O–H groups in total. The minimum absolute atomic E-state index is 0.0194. The van der Waals surface area contributed by atoms with Gasteiger partial charge in [0, 0.05) is 7.11 Å². The predicted molar refractivity (Wildman–Crippen MR) is 149 cm³/mol. The van der Waals surface area contributed by atoms with E-state index in [0.717, 1.165) is 17.3 Å². The Bertz CT molecular complexity index is 1870. The van der Waals surface area contributed by atoms with E-state index in [9.17, 15) is 33.9 Å². The number of nitrogen functional groups attached to an aromatic ring is 2. The number of hydrogen-bond acceptors (Lipinski definition) is 19. The number of aromatic amines is 1. The Balaban J connectivity index is 1.23. The molecule has 6 heterocycles. The van der Waals surface area contributed by atoms with Gasteiger partial charge in [-0.25, -0.2) is 19.5 Å². The third kappa shape index (κ3) is 6.01. The highest BCUT2D eigenvalue weighted by atomic mass is 31.2. The molecular formula is C20H27N11O13P2. The fourth-order valence-electron chi connectivity index (χ4n) is 5.11. The Morgan fingerprint density at radius 3 is 2.57 bits per heavy atom. The molecule has 46 heavy (non-hydrogen) atoms. The number of nitrogens with one attached hydrogen (secondary N) is 1. The fraction of sp³-hybridized carbons (Fsp3) is 0.550. The number of H-pyrrole nitrogens is 1. The van der Waals surface area contributed by atoms with Crippen LogP contribution in [0, 0.1) is 0 Å². The van der Waals surface area contributed by atoms with E-state index in [0.29, 0.717) is 0 Å². The predicted octanol–water partition coefficient (Wildman–Crippen LogP) is -3.05. The van der Waals surface area contributed by atoms with E-state index in [1.807, 2.05) is 0 Å². The summed E-state index contributed by atoms with van der Waals surface area (Å²) in [4.78, 5) is 50.5. The number of aromatic nitrogens is 9. The van der Waals surface area contributed by atoms with E-state index >= 15 is 0 Å². The van der Waals surface area contributed by atoms with Crippen LogP contribution < -0.4 is 17.0 Å². The normalized spacial score (nSPS) is 30.3. The molecule has 2 fully saturated rings. The van der Waals surface area contributed by atoms with Crippen LogP contribution in [-0.4, -0.2) is 121 Å².